The van der Waals surface area contributed by atoms with Gasteiger partial charge in [-0.15, -0.1) is 0 Å². The van der Waals surface area contributed by atoms with Crippen molar-refractivity contribution in [3.8, 4) is 0 Å². The molecule has 0 amide bonds. The molecular formula is C10H13BrO2. The minimum absolute atomic E-state index is 0.596. The van der Waals surface area contributed by atoms with Crippen LogP contribution in [0.1, 0.15) is 12.5 Å². The normalized spacial score (nSPS) is 10.3. The summed E-state index contributed by atoms with van der Waals surface area (Å²) in [7, 11) is 0. The first kappa shape index (κ1) is 10.7. The predicted octanol–water partition coefficient (Wildman–Crippen LogP) is 2.96. The van der Waals surface area contributed by atoms with Crippen molar-refractivity contribution in [3.63, 3.8) is 0 Å². The molecular weight excluding hydrogens is 232 g/mol. The van der Waals surface area contributed by atoms with Crippen LogP contribution in [0, 0.1) is 0 Å². The fourth-order valence-corrected chi connectivity index (χ4v) is 1.44. The van der Waals surface area contributed by atoms with E-state index in [1.165, 1.54) is 5.56 Å². The first-order valence-corrected chi connectivity index (χ1v) is 5.11. The van der Waals surface area contributed by atoms with Crippen LogP contribution in [-0.4, -0.2) is 13.2 Å². The first-order valence-electron chi connectivity index (χ1n) is 4.32. The molecule has 0 saturated heterocycles. The minimum atomic E-state index is 0.596. The molecule has 0 radical (unpaired) electrons. The zero-order valence-corrected chi connectivity index (χ0v) is 9.21. The van der Waals surface area contributed by atoms with Gasteiger partial charge in [-0.2, -0.15) is 0 Å². The van der Waals surface area contributed by atoms with Gasteiger partial charge < -0.3 is 0 Å². The molecule has 0 fully saturated rings. The number of hydrogen-bond acceptors (Lipinski definition) is 2. The Balaban J connectivity index is 2.28. The van der Waals surface area contributed by atoms with Gasteiger partial charge in [-0.25, -0.2) is 9.78 Å². The van der Waals surface area contributed by atoms with Gasteiger partial charge in [0.1, 0.15) is 0 Å². The second kappa shape index (κ2) is 6.13. The lowest BCUT2D eigenvalue weighted by atomic mass is 10.2. The maximum Gasteiger partial charge on any atom is 0.0862 e. The molecule has 0 bridgehead atoms. The predicted molar refractivity (Wildman–Crippen MR) is 55.4 cm³/mol. The molecule has 0 aliphatic carbocycles. The van der Waals surface area contributed by atoms with Crippen LogP contribution in [-0.2, 0) is 16.2 Å². The van der Waals surface area contributed by atoms with Crippen LogP contribution in [0.4, 0.5) is 0 Å². The molecule has 13 heavy (non-hydrogen) atoms. The van der Waals surface area contributed by atoms with Gasteiger partial charge in [0.15, 0.2) is 0 Å². The molecule has 0 spiro atoms. The van der Waals surface area contributed by atoms with E-state index in [0.29, 0.717) is 13.2 Å². The summed E-state index contributed by atoms with van der Waals surface area (Å²) in [6, 6.07) is 8.17. The Bertz CT molecular complexity index is 250. The monoisotopic (exact) mass is 244 g/mol. The Kier molecular flexibility index (Phi) is 5.05. The van der Waals surface area contributed by atoms with Crippen molar-refractivity contribution < 1.29 is 9.78 Å². The van der Waals surface area contributed by atoms with Crippen LogP contribution in [0.25, 0.3) is 0 Å². The van der Waals surface area contributed by atoms with Gasteiger partial charge in [-0.1, -0.05) is 28.1 Å². The second-order valence-corrected chi connectivity index (χ2v) is 3.52. The maximum absolute atomic E-state index is 4.91. The van der Waals surface area contributed by atoms with E-state index in [-0.39, 0.29) is 0 Å². The summed E-state index contributed by atoms with van der Waals surface area (Å²) in [6.07, 6.45) is 0.874. The number of rotatable bonds is 5. The molecule has 3 heteroatoms. The van der Waals surface area contributed by atoms with E-state index in [9.17, 15) is 0 Å². The quantitative estimate of drug-likeness (QED) is 0.451. The van der Waals surface area contributed by atoms with Crippen molar-refractivity contribution in [1.82, 2.24) is 0 Å². The van der Waals surface area contributed by atoms with E-state index in [2.05, 4.69) is 28.1 Å². The van der Waals surface area contributed by atoms with E-state index in [1.807, 2.05) is 19.1 Å². The fraction of sp³-hybridized carbons (Fsp3) is 0.400. The SMILES string of the molecule is CCOOCCc1cccc(Br)c1. The average Bonchev–Trinajstić information content (AvgIpc) is 2.13. The topological polar surface area (TPSA) is 18.5 Å². The standard InChI is InChI=1S/C10H13BrO2/c1-2-12-13-7-6-9-4-3-5-10(11)8-9/h3-5,8H,2,6-7H2,1H3. The Morgan fingerprint density at radius 2 is 2.15 bits per heavy atom. The van der Waals surface area contributed by atoms with Crippen molar-refractivity contribution in [2.45, 2.75) is 13.3 Å². The van der Waals surface area contributed by atoms with Crippen molar-refractivity contribution in [1.29, 1.82) is 0 Å². The molecule has 0 heterocycles. The highest BCUT2D eigenvalue weighted by molar-refractivity contribution is 9.10. The first-order chi connectivity index (χ1) is 6.33. The fourth-order valence-electron chi connectivity index (χ4n) is 0.994. The highest BCUT2D eigenvalue weighted by Gasteiger charge is 1.94. The molecule has 0 saturated carbocycles. The third-order valence-electron chi connectivity index (χ3n) is 1.56. The van der Waals surface area contributed by atoms with Crippen LogP contribution in [0.5, 0.6) is 0 Å². The largest absolute Gasteiger partial charge is 0.237 e. The summed E-state index contributed by atoms with van der Waals surface area (Å²) in [6.45, 7) is 3.10. The lowest BCUT2D eigenvalue weighted by Crippen LogP contribution is -1.99. The van der Waals surface area contributed by atoms with Gasteiger partial charge in [-0.3, -0.25) is 0 Å². The molecule has 0 atom stereocenters. The van der Waals surface area contributed by atoms with Gasteiger partial charge in [0.05, 0.1) is 13.2 Å². The average molecular weight is 245 g/mol. The zero-order valence-electron chi connectivity index (χ0n) is 7.63. The van der Waals surface area contributed by atoms with Crippen molar-refractivity contribution in [2.24, 2.45) is 0 Å². The van der Waals surface area contributed by atoms with E-state index >= 15 is 0 Å². The van der Waals surface area contributed by atoms with Crippen LogP contribution in [0.3, 0.4) is 0 Å². The third kappa shape index (κ3) is 4.41. The minimum Gasteiger partial charge on any atom is -0.237 e. The molecule has 0 aliphatic rings. The lowest BCUT2D eigenvalue weighted by molar-refractivity contribution is -0.290. The van der Waals surface area contributed by atoms with Gasteiger partial charge in [0.25, 0.3) is 0 Å². The van der Waals surface area contributed by atoms with E-state index in [0.717, 1.165) is 10.9 Å². The number of benzene rings is 1. The van der Waals surface area contributed by atoms with Crippen LogP contribution in [0.15, 0.2) is 28.7 Å². The molecule has 72 valence electrons. The molecule has 0 unspecified atom stereocenters. The van der Waals surface area contributed by atoms with Crippen molar-refractivity contribution >= 4 is 15.9 Å². The van der Waals surface area contributed by atoms with Crippen molar-refractivity contribution in [2.75, 3.05) is 13.2 Å². The molecule has 0 aromatic heterocycles. The van der Waals surface area contributed by atoms with E-state index in [4.69, 9.17) is 9.78 Å². The third-order valence-corrected chi connectivity index (χ3v) is 2.06. The van der Waals surface area contributed by atoms with Gasteiger partial charge >= 0.3 is 0 Å². The summed E-state index contributed by atoms with van der Waals surface area (Å²) >= 11 is 3.41. The molecule has 0 N–H and O–H groups in total. The molecule has 1 rings (SSSR count). The summed E-state index contributed by atoms with van der Waals surface area (Å²) < 4.78 is 1.10. The number of halogens is 1. The van der Waals surface area contributed by atoms with Gasteiger partial charge in [0.2, 0.25) is 0 Å². The summed E-state index contributed by atoms with van der Waals surface area (Å²) in [5, 5.41) is 0. The Labute approximate surface area is 86.9 Å². The molecule has 0 aliphatic heterocycles. The van der Waals surface area contributed by atoms with E-state index < -0.39 is 0 Å². The maximum atomic E-state index is 4.91. The van der Waals surface area contributed by atoms with Crippen molar-refractivity contribution in [3.05, 3.63) is 34.3 Å². The summed E-state index contributed by atoms with van der Waals surface area (Å²) in [4.78, 5) is 9.69. The van der Waals surface area contributed by atoms with Crippen LogP contribution < -0.4 is 0 Å². The smallest absolute Gasteiger partial charge is 0.0862 e. The highest BCUT2D eigenvalue weighted by Crippen LogP contribution is 2.11. The zero-order chi connectivity index (χ0) is 9.52. The van der Waals surface area contributed by atoms with Gasteiger partial charge in [0, 0.05) is 4.47 Å². The van der Waals surface area contributed by atoms with Crippen LogP contribution in [0.2, 0.25) is 0 Å². The summed E-state index contributed by atoms with van der Waals surface area (Å²) in [5.41, 5.74) is 1.24. The van der Waals surface area contributed by atoms with E-state index in [1.54, 1.807) is 0 Å². The Morgan fingerprint density at radius 3 is 2.85 bits per heavy atom. The van der Waals surface area contributed by atoms with Crippen LogP contribution >= 0.6 is 15.9 Å². The Hall–Kier alpha value is -0.380. The number of hydrogen-bond donors (Lipinski definition) is 0. The highest BCUT2D eigenvalue weighted by atomic mass is 79.9. The second-order valence-electron chi connectivity index (χ2n) is 2.61. The molecule has 1 aromatic carbocycles. The molecule has 2 nitrogen and oxygen atoms in total. The van der Waals surface area contributed by atoms with Gasteiger partial charge in [-0.05, 0) is 31.0 Å². The Morgan fingerprint density at radius 1 is 1.31 bits per heavy atom. The molecule has 1 aromatic rings. The summed E-state index contributed by atoms with van der Waals surface area (Å²) in [5.74, 6) is 0. The lowest BCUT2D eigenvalue weighted by Gasteiger charge is -2.02.